The van der Waals surface area contributed by atoms with E-state index < -0.39 is 0 Å². The molecule has 0 N–H and O–H groups in total. The molecule has 0 unspecified atom stereocenters. The van der Waals surface area contributed by atoms with Crippen molar-refractivity contribution in [2.45, 2.75) is 0 Å². The van der Waals surface area contributed by atoms with Crippen molar-refractivity contribution >= 4 is 65.4 Å². The molecule has 5 nitrogen and oxygen atoms in total. The number of nitrogens with zero attached hydrogens (tertiary/aromatic N) is 3. The second-order valence-corrected chi connectivity index (χ2v) is 14.7. The van der Waals surface area contributed by atoms with Gasteiger partial charge in [0.25, 0.3) is 0 Å². The zero-order valence-electron chi connectivity index (χ0n) is 31.1. The maximum atomic E-state index is 6.26. The van der Waals surface area contributed by atoms with Crippen molar-refractivity contribution in [3.8, 4) is 56.4 Å². The number of hydrogen-bond donors (Lipinski definition) is 0. The molecule has 0 saturated heterocycles. The Morgan fingerprint density at radius 2 is 0.707 bits per heavy atom. The van der Waals surface area contributed by atoms with Gasteiger partial charge in [0.1, 0.15) is 22.3 Å². The molecule has 0 aliphatic carbocycles. The molecule has 0 saturated carbocycles. The van der Waals surface area contributed by atoms with E-state index in [0.717, 1.165) is 88.2 Å². The Labute approximate surface area is 332 Å². The Kier molecular flexibility index (Phi) is 7.16. The molecule has 12 rings (SSSR count). The lowest BCUT2D eigenvalue weighted by Gasteiger charge is -2.12. The van der Waals surface area contributed by atoms with Gasteiger partial charge < -0.3 is 8.83 Å². The first-order chi connectivity index (χ1) is 28.7. The van der Waals surface area contributed by atoms with E-state index in [1.165, 1.54) is 16.2 Å². The van der Waals surface area contributed by atoms with Crippen molar-refractivity contribution in [2.24, 2.45) is 0 Å². The predicted octanol–water partition coefficient (Wildman–Crippen LogP) is 14.3. The van der Waals surface area contributed by atoms with Gasteiger partial charge in [-0.25, -0.2) is 15.0 Å². The van der Waals surface area contributed by atoms with Gasteiger partial charge in [-0.15, -0.1) is 0 Å². The molecule has 5 heteroatoms. The van der Waals surface area contributed by atoms with Crippen molar-refractivity contribution in [3.05, 3.63) is 188 Å². The minimum atomic E-state index is 0.595. The van der Waals surface area contributed by atoms with E-state index in [0.29, 0.717) is 17.5 Å². The van der Waals surface area contributed by atoms with Crippen LogP contribution in [0.25, 0.3) is 122 Å². The summed E-state index contributed by atoms with van der Waals surface area (Å²) >= 11 is 0. The summed E-state index contributed by atoms with van der Waals surface area (Å²) in [5.74, 6) is 1.80. The molecule has 0 radical (unpaired) electrons. The number of hydrogen-bond acceptors (Lipinski definition) is 5. The fraction of sp³-hybridized carbons (Fsp3) is 0. The topological polar surface area (TPSA) is 65.0 Å². The van der Waals surface area contributed by atoms with Crippen LogP contribution in [0.1, 0.15) is 0 Å². The Balaban J connectivity index is 1.04. The van der Waals surface area contributed by atoms with E-state index in [1.807, 2.05) is 36.4 Å². The lowest BCUT2D eigenvalue weighted by Crippen LogP contribution is -2.00. The Bertz CT molecular complexity index is 3420. The summed E-state index contributed by atoms with van der Waals surface area (Å²) in [5, 5.41) is 9.12. The number of fused-ring (bicyclic) bond motifs is 9. The van der Waals surface area contributed by atoms with Gasteiger partial charge in [-0.3, -0.25) is 0 Å². The van der Waals surface area contributed by atoms with Gasteiger partial charge in [0.15, 0.2) is 17.5 Å². The molecule has 58 heavy (non-hydrogen) atoms. The van der Waals surface area contributed by atoms with E-state index in [-0.39, 0.29) is 0 Å². The molecule has 12 aromatic rings. The first-order valence-electron chi connectivity index (χ1n) is 19.4. The van der Waals surface area contributed by atoms with Crippen molar-refractivity contribution in [2.75, 3.05) is 0 Å². The molecule has 0 atom stereocenters. The highest BCUT2D eigenvalue weighted by molar-refractivity contribution is 6.14. The summed E-state index contributed by atoms with van der Waals surface area (Å²) < 4.78 is 12.5. The number of furan rings is 2. The second-order valence-electron chi connectivity index (χ2n) is 14.7. The molecule has 270 valence electrons. The molecule has 0 aliphatic heterocycles. The molecule has 0 fully saturated rings. The van der Waals surface area contributed by atoms with Crippen LogP contribution in [0.5, 0.6) is 0 Å². The molecule has 0 bridgehead atoms. The van der Waals surface area contributed by atoms with Crippen LogP contribution in [-0.2, 0) is 0 Å². The van der Waals surface area contributed by atoms with E-state index >= 15 is 0 Å². The standard InChI is InChI=1S/C53H31N3O2/c1-2-16-39-32(11-1)25-26-35-31-38(27-28-40(35)39)53-55-51(36-14-7-12-33(29-36)41-19-9-23-47-49(41)43-17-3-5-21-45(43)57-47)54-52(56-53)37-15-8-13-34(30-37)42-20-10-24-48-50(42)44-18-4-6-22-46(44)58-48/h1-31H. The van der Waals surface area contributed by atoms with E-state index in [4.69, 9.17) is 23.8 Å². The summed E-state index contributed by atoms with van der Waals surface area (Å²) in [6, 6.07) is 65.2. The van der Waals surface area contributed by atoms with Gasteiger partial charge in [-0.05, 0) is 86.3 Å². The normalized spacial score (nSPS) is 11.8. The summed E-state index contributed by atoms with van der Waals surface area (Å²) in [6.45, 7) is 0. The van der Waals surface area contributed by atoms with Crippen LogP contribution >= 0.6 is 0 Å². The Morgan fingerprint density at radius 3 is 1.29 bits per heavy atom. The van der Waals surface area contributed by atoms with Crippen LogP contribution in [0.4, 0.5) is 0 Å². The summed E-state index contributed by atoms with van der Waals surface area (Å²) in [5.41, 5.74) is 10.5. The maximum absolute atomic E-state index is 6.26. The van der Waals surface area contributed by atoms with Crippen LogP contribution in [-0.4, -0.2) is 15.0 Å². The average molecular weight is 742 g/mol. The number of rotatable bonds is 5. The second kappa shape index (κ2) is 12.8. The van der Waals surface area contributed by atoms with Gasteiger partial charge >= 0.3 is 0 Å². The van der Waals surface area contributed by atoms with Gasteiger partial charge in [-0.2, -0.15) is 0 Å². The lowest BCUT2D eigenvalue weighted by atomic mass is 9.97. The van der Waals surface area contributed by atoms with E-state index in [9.17, 15) is 0 Å². The zero-order chi connectivity index (χ0) is 38.2. The summed E-state index contributed by atoms with van der Waals surface area (Å²) in [4.78, 5) is 15.6. The molecule has 3 heterocycles. The Hall–Kier alpha value is -7.89. The number of benzene rings is 9. The number of aromatic nitrogens is 3. The third-order valence-electron chi connectivity index (χ3n) is 11.3. The van der Waals surface area contributed by atoms with E-state index in [2.05, 4.69) is 152 Å². The number of para-hydroxylation sites is 2. The van der Waals surface area contributed by atoms with Crippen molar-refractivity contribution in [3.63, 3.8) is 0 Å². The molecule has 0 aliphatic rings. The van der Waals surface area contributed by atoms with Crippen LogP contribution < -0.4 is 0 Å². The van der Waals surface area contributed by atoms with Crippen LogP contribution in [0, 0.1) is 0 Å². The van der Waals surface area contributed by atoms with Gasteiger partial charge in [-0.1, -0.05) is 146 Å². The minimum absolute atomic E-state index is 0.595. The van der Waals surface area contributed by atoms with Crippen LogP contribution in [0.2, 0.25) is 0 Å². The SMILES string of the molecule is c1cc(-c2nc(-c3cccc(-c4cccc5oc6ccccc6c45)c3)nc(-c3ccc4c(ccc5ccccc54)c3)n2)cc(-c2cccc3oc4ccccc4c23)c1. The molecule has 0 spiro atoms. The smallest absolute Gasteiger partial charge is 0.164 e. The van der Waals surface area contributed by atoms with Gasteiger partial charge in [0, 0.05) is 38.2 Å². The first-order valence-corrected chi connectivity index (χ1v) is 19.4. The molecule has 9 aromatic carbocycles. The van der Waals surface area contributed by atoms with Crippen molar-refractivity contribution in [1.29, 1.82) is 0 Å². The largest absolute Gasteiger partial charge is 0.456 e. The molecule has 0 amide bonds. The summed E-state index contributed by atoms with van der Waals surface area (Å²) in [7, 11) is 0. The Morgan fingerprint density at radius 1 is 0.276 bits per heavy atom. The fourth-order valence-electron chi connectivity index (χ4n) is 8.60. The van der Waals surface area contributed by atoms with Crippen molar-refractivity contribution in [1.82, 2.24) is 15.0 Å². The average Bonchev–Trinajstić information content (AvgIpc) is 3.88. The van der Waals surface area contributed by atoms with Crippen molar-refractivity contribution < 1.29 is 8.83 Å². The lowest BCUT2D eigenvalue weighted by molar-refractivity contribution is 0.668. The van der Waals surface area contributed by atoms with Crippen LogP contribution in [0.3, 0.4) is 0 Å². The van der Waals surface area contributed by atoms with Gasteiger partial charge in [0.05, 0.1) is 0 Å². The highest BCUT2D eigenvalue weighted by Crippen LogP contribution is 2.40. The molecular weight excluding hydrogens is 711 g/mol. The predicted molar refractivity (Wildman–Crippen MR) is 237 cm³/mol. The highest BCUT2D eigenvalue weighted by atomic mass is 16.3. The molecule has 3 aromatic heterocycles. The van der Waals surface area contributed by atoms with Gasteiger partial charge in [0.2, 0.25) is 0 Å². The summed E-state index contributed by atoms with van der Waals surface area (Å²) in [6.07, 6.45) is 0. The highest BCUT2D eigenvalue weighted by Gasteiger charge is 2.18. The monoisotopic (exact) mass is 741 g/mol. The first kappa shape index (κ1) is 32.4. The third kappa shape index (κ3) is 5.21. The zero-order valence-corrected chi connectivity index (χ0v) is 31.1. The maximum Gasteiger partial charge on any atom is 0.164 e. The minimum Gasteiger partial charge on any atom is -0.456 e. The van der Waals surface area contributed by atoms with Crippen LogP contribution in [0.15, 0.2) is 197 Å². The molecular formula is C53H31N3O2. The third-order valence-corrected chi connectivity index (χ3v) is 11.3. The quantitative estimate of drug-likeness (QED) is 0.164. The van der Waals surface area contributed by atoms with E-state index in [1.54, 1.807) is 0 Å². The fourth-order valence-corrected chi connectivity index (χ4v) is 8.60.